The number of aromatic nitrogens is 6. The van der Waals surface area contributed by atoms with Crippen molar-refractivity contribution in [1.82, 2.24) is 34.0 Å². The molecule has 8 rings (SSSR count). The van der Waals surface area contributed by atoms with Crippen molar-refractivity contribution in [2.75, 3.05) is 36.4 Å². The van der Waals surface area contributed by atoms with E-state index in [2.05, 4.69) is 20.4 Å². The van der Waals surface area contributed by atoms with Crippen LogP contribution in [0.4, 0.5) is 24.5 Å². The fraction of sp³-hybridized carbons (Fsp3) is 0.378. The van der Waals surface area contributed by atoms with Gasteiger partial charge in [0.1, 0.15) is 18.1 Å². The fourth-order valence-corrected chi connectivity index (χ4v) is 7.92. The van der Waals surface area contributed by atoms with Crippen molar-refractivity contribution in [1.29, 1.82) is 0 Å². The van der Waals surface area contributed by atoms with Gasteiger partial charge in [-0.2, -0.15) is 22.7 Å². The predicted molar refractivity (Wildman–Crippen MR) is 194 cm³/mol. The van der Waals surface area contributed by atoms with Crippen LogP contribution >= 0.6 is 11.6 Å². The number of benzene rings is 2. The molecule has 0 bridgehead atoms. The number of amides is 2. The molecule has 2 atom stereocenters. The lowest BCUT2D eigenvalue weighted by molar-refractivity contribution is -0.137. The minimum absolute atomic E-state index is 0.00537. The van der Waals surface area contributed by atoms with Gasteiger partial charge in [0.2, 0.25) is 11.7 Å². The highest BCUT2D eigenvalue weighted by molar-refractivity contribution is 6.33. The zero-order chi connectivity index (χ0) is 39.1. The number of hydrogen-bond donors (Lipinski definition) is 2. The van der Waals surface area contributed by atoms with Gasteiger partial charge >= 0.3 is 6.18 Å². The molecule has 55 heavy (non-hydrogen) atoms. The molecule has 6 heterocycles. The van der Waals surface area contributed by atoms with Crippen LogP contribution in [0.2, 0.25) is 5.02 Å². The standard InChI is InChI=1S/C37H35ClF3N9O5/c1-18-13-26(32(52)44-25-8-6-22(15-24(25)38)37(39,40)41)49-28(18)29(47-9-11-48(12-10-47)33(53)27-30(51)19(2)42-17-43-27)34(54)50-35(49)45-31(46-50)20-5-7-23-21(14-20)16-55-36(23,3)4/h5-8,14-15,17-18,26,51H,9-13,16H2,1-4H3,(H,44,52)/t18-,26-/m0/s1. The van der Waals surface area contributed by atoms with Gasteiger partial charge in [0.15, 0.2) is 17.3 Å². The number of aryl methyl sites for hydroxylation is 1. The smallest absolute Gasteiger partial charge is 0.416 e. The zero-order valence-corrected chi connectivity index (χ0v) is 30.9. The van der Waals surface area contributed by atoms with Gasteiger partial charge in [0.25, 0.3) is 11.5 Å². The Morgan fingerprint density at radius 2 is 1.82 bits per heavy atom. The lowest BCUT2D eigenvalue weighted by Gasteiger charge is -2.36. The maximum atomic E-state index is 14.5. The number of fused-ring (bicyclic) bond motifs is 4. The summed E-state index contributed by atoms with van der Waals surface area (Å²) >= 11 is 6.22. The summed E-state index contributed by atoms with van der Waals surface area (Å²) in [6, 6.07) is 7.45. The van der Waals surface area contributed by atoms with Crippen LogP contribution < -0.4 is 15.8 Å². The van der Waals surface area contributed by atoms with E-state index >= 15 is 0 Å². The number of ether oxygens (including phenoxy) is 1. The normalized spacial score (nSPS) is 19.1. The first-order valence-electron chi connectivity index (χ1n) is 17.6. The van der Waals surface area contributed by atoms with Crippen molar-refractivity contribution in [3.05, 3.63) is 91.9 Å². The molecular formula is C37H35ClF3N9O5. The molecule has 286 valence electrons. The van der Waals surface area contributed by atoms with Gasteiger partial charge < -0.3 is 25.0 Å². The summed E-state index contributed by atoms with van der Waals surface area (Å²) in [7, 11) is 0. The van der Waals surface area contributed by atoms with E-state index in [1.807, 2.05) is 43.9 Å². The molecule has 0 unspecified atom stereocenters. The Morgan fingerprint density at radius 3 is 2.53 bits per heavy atom. The summed E-state index contributed by atoms with van der Waals surface area (Å²) < 4.78 is 48.8. The van der Waals surface area contributed by atoms with E-state index in [0.29, 0.717) is 17.9 Å². The van der Waals surface area contributed by atoms with E-state index in [4.69, 9.17) is 21.3 Å². The van der Waals surface area contributed by atoms with Crippen LogP contribution in [0.3, 0.4) is 0 Å². The molecule has 14 nitrogen and oxygen atoms in total. The third-order valence-corrected chi connectivity index (χ3v) is 10.9. The van der Waals surface area contributed by atoms with Gasteiger partial charge in [0, 0.05) is 37.7 Å². The lowest BCUT2D eigenvalue weighted by Crippen LogP contribution is -2.51. The Morgan fingerprint density at radius 1 is 1.07 bits per heavy atom. The number of carbonyl (C=O) groups excluding carboxylic acids is 2. The molecule has 3 aliphatic rings. The van der Waals surface area contributed by atoms with Crippen LogP contribution in [0.25, 0.3) is 17.2 Å². The van der Waals surface area contributed by atoms with Crippen LogP contribution in [0.5, 0.6) is 5.75 Å². The number of nitrogens with zero attached hydrogens (tertiary/aromatic N) is 8. The molecule has 0 saturated carbocycles. The molecular weight excluding hydrogens is 743 g/mol. The van der Waals surface area contributed by atoms with Crippen molar-refractivity contribution in [3.63, 3.8) is 0 Å². The second-order valence-corrected chi connectivity index (χ2v) is 14.9. The Labute approximate surface area is 316 Å². The summed E-state index contributed by atoms with van der Waals surface area (Å²) in [5, 5.41) is 17.5. The van der Waals surface area contributed by atoms with E-state index in [1.165, 1.54) is 15.7 Å². The third-order valence-electron chi connectivity index (χ3n) is 10.6. The minimum Gasteiger partial charge on any atom is -0.504 e. The number of hydrogen-bond acceptors (Lipinski definition) is 10. The Bertz CT molecular complexity index is 2480. The monoisotopic (exact) mass is 777 g/mol. The first-order valence-corrected chi connectivity index (χ1v) is 18.0. The molecule has 2 amide bonds. The summed E-state index contributed by atoms with van der Waals surface area (Å²) in [6.45, 7) is 8.65. The summed E-state index contributed by atoms with van der Waals surface area (Å²) in [5.41, 5.74) is 1.70. The maximum Gasteiger partial charge on any atom is 0.416 e. The number of piperazine rings is 1. The van der Waals surface area contributed by atoms with Gasteiger partial charge in [-0.25, -0.2) is 9.97 Å². The fourth-order valence-electron chi connectivity index (χ4n) is 7.69. The Hall–Kier alpha value is -5.55. The van der Waals surface area contributed by atoms with Crippen LogP contribution in [0.15, 0.2) is 47.5 Å². The highest BCUT2D eigenvalue weighted by Crippen LogP contribution is 2.43. The third kappa shape index (κ3) is 6.14. The second kappa shape index (κ2) is 13.0. The van der Waals surface area contributed by atoms with Crippen molar-refractivity contribution in [2.45, 2.75) is 64.5 Å². The average Bonchev–Trinajstić information content (AvgIpc) is 3.83. The molecule has 2 N–H and O–H groups in total. The first kappa shape index (κ1) is 36.4. The van der Waals surface area contributed by atoms with Gasteiger partial charge in [-0.1, -0.05) is 30.7 Å². The molecule has 3 aromatic heterocycles. The molecule has 5 aromatic rings. The number of alkyl halides is 3. The highest BCUT2D eigenvalue weighted by atomic mass is 35.5. The number of carbonyl (C=O) groups is 2. The van der Waals surface area contributed by atoms with E-state index in [-0.39, 0.29) is 83.7 Å². The molecule has 0 aliphatic carbocycles. The van der Waals surface area contributed by atoms with E-state index in [9.17, 15) is 32.7 Å². The molecule has 2 aromatic carbocycles. The minimum atomic E-state index is -4.62. The summed E-state index contributed by atoms with van der Waals surface area (Å²) in [6.07, 6.45) is -3.18. The lowest BCUT2D eigenvalue weighted by atomic mass is 9.94. The first-order chi connectivity index (χ1) is 26.0. The van der Waals surface area contributed by atoms with Crippen molar-refractivity contribution >= 4 is 40.6 Å². The molecule has 0 spiro atoms. The molecule has 1 saturated heterocycles. The second-order valence-electron chi connectivity index (χ2n) is 14.5. The van der Waals surface area contributed by atoms with Crippen LogP contribution in [0, 0.1) is 6.92 Å². The van der Waals surface area contributed by atoms with Crippen LogP contribution in [-0.4, -0.2) is 77.1 Å². The average molecular weight is 778 g/mol. The van der Waals surface area contributed by atoms with Gasteiger partial charge in [-0.15, -0.1) is 5.10 Å². The summed E-state index contributed by atoms with van der Waals surface area (Å²) in [4.78, 5) is 58.1. The number of aromatic hydroxyl groups is 1. The zero-order valence-electron chi connectivity index (χ0n) is 30.1. The van der Waals surface area contributed by atoms with Crippen LogP contribution in [0.1, 0.15) is 77.7 Å². The number of anilines is 2. The van der Waals surface area contributed by atoms with Crippen molar-refractivity contribution in [3.8, 4) is 17.1 Å². The van der Waals surface area contributed by atoms with Crippen LogP contribution in [-0.2, 0) is 27.9 Å². The molecule has 18 heteroatoms. The number of rotatable bonds is 5. The van der Waals surface area contributed by atoms with Gasteiger partial charge in [-0.3, -0.25) is 19.0 Å². The van der Waals surface area contributed by atoms with Gasteiger partial charge in [-0.05, 0) is 62.6 Å². The Balaban J connectivity index is 1.19. The topological polar surface area (TPSA) is 160 Å². The quantitative estimate of drug-likeness (QED) is 0.235. The van der Waals surface area contributed by atoms with E-state index in [1.54, 1.807) is 11.5 Å². The molecule has 1 fully saturated rings. The van der Waals surface area contributed by atoms with Crippen molar-refractivity contribution < 1.29 is 32.6 Å². The van der Waals surface area contributed by atoms with Gasteiger partial charge in [0.05, 0.1) is 39.9 Å². The van der Waals surface area contributed by atoms with E-state index < -0.39 is 40.8 Å². The molecule has 3 aliphatic heterocycles. The summed E-state index contributed by atoms with van der Waals surface area (Å²) in [5.74, 6) is -1.34. The Kier molecular flexibility index (Phi) is 8.64. The predicted octanol–water partition coefficient (Wildman–Crippen LogP) is 5.45. The molecule has 0 radical (unpaired) electrons. The highest BCUT2D eigenvalue weighted by Gasteiger charge is 2.41. The SMILES string of the molecule is Cc1ncnc(C(=O)N2CCN(c3c4n(c5nc(-c6ccc7c(c6)COC7(C)C)nn5c3=O)[C@H](C(=O)Nc3ccc(C(F)(F)F)cc3Cl)C[C@@H]4C)CC2)c1O. The maximum absolute atomic E-state index is 14.5. The number of nitrogens with one attached hydrogen (secondary N) is 1. The van der Waals surface area contributed by atoms with Crippen molar-refractivity contribution in [2.24, 2.45) is 0 Å². The number of halogens is 4. The largest absolute Gasteiger partial charge is 0.504 e. The van der Waals surface area contributed by atoms with E-state index in [0.717, 1.165) is 29.3 Å².